The van der Waals surface area contributed by atoms with Gasteiger partial charge in [0.25, 0.3) is 0 Å². The van der Waals surface area contributed by atoms with Crippen LogP contribution in [0.2, 0.25) is 0 Å². The van der Waals surface area contributed by atoms with Crippen LogP contribution in [0.1, 0.15) is 40.5 Å². The van der Waals surface area contributed by atoms with Crippen molar-refractivity contribution in [1.29, 1.82) is 0 Å². The molecule has 0 aliphatic heterocycles. The van der Waals surface area contributed by atoms with E-state index in [9.17, 15) is 9.90 Å². The molecule has 7 heteroatoms. The lowest BCUT2D eigenvalue weighted by molar-refractivity contribution is 0.0681. The lowest BCUT2D eigenvalue weighted by Gasteiger charge is -2.14. The molecule has 0 amide bonds. The summed E-state index contributed by atoms with van der Waals surface area (Å²) in [6, 6.07) is 10.1. The lowest BCUT2D eigenvalue weighted by atomic mass is 9.90. The molecule has 4 rings (SSSR count). The first-order valence-corrected chi connectivity index (χ1v) is 10.9. The largest absolute Gasteiger partial charge is 0.494 e. The van der Waals surface area contributed by atoms with E-state index in [4.69, 9.17) is 4.74 Å². The van der Waals surface area contributed by atoms with E-state index in [-0.39, 0.29) is 0 Å². The molecule has 1 aromatic carbocycles. The Morgan fingerprint density at radius 1 is 1.19 bits per heavy atom. The molecule has 31 heavy (non-hydrogen) atoms. The quantitative estimate of drug-likeness (QED) is 0.489. The summed E-state index contributed by atoms with van der Waals surface area (Å²) in [6.45, 7) is 4.90. The standard InChI is InChI=1S/C24H28N4O3/c1-2-31-19-7-4-17(5-8-19)10-13-25-12-3-15-28-23(24(29)30)21-9-6-18-16-26-14-11-20(18)22(21)27-28/h4-5,7-8,11,14,16,25H,2-3,6,9-10,12-13,15H2,1H3,(H,29,30). The number of carbonyl (C=O) groups is 1. The van der Waals surface area contributed by atoms with Gasteiger partial charge in [-0.1, -0.05) is 12.1 Å². The minimum atomic E-state index is -0.908. The first-order chi connectivity index (χ1) is 15.2. The van der Waals surface area contributed by atoms with Gasteiger partial charge < -0.3 is 15.2 Å². The molecule has 2 aromatic heterocycles. The summed E-state index contributed by atoms with van der Waals surface area (Å²) in [4.78, 5) is 16.1. The predicted octanol–water partition coefficient (Wildman–Crippen LogP) is 3.36. The van der Waals surface area contributed by atoms with Crippen molar-refractivity contribution < 1.29 is 14.6 Å². The van der Waals surface area contributed by atoms with Gasteiger partial charge in [0.1, 0.15) is 11.4 Å². The van der Waals surface area contributed by atoms with Crippen LogP contribution in [0.25, 0.3) is 11.3 Å². The first kappa shape index (κ1) is 21.1. The Balaban J connectivity index is 1.31. The van der Waals surface area contributed by atoms with E-state index in [1.54, 1.807) is 10.9 Å². The third-order valence-electron chi connectivity index (χ3n) is 5.60. The number of carboxylic acid groups (broad SMARTS) is 1. The fourth-order valence-corrected chi connectivity index (χ4v) is 4.10. The minimum absolute atomic E-state index is 0.326. The van der Waals surface area contributed by atoms with E-state index in [1.807, 2.05) is 31.3 Å². The number of hydrogen-bond acceptors (Lipinski definition) is 5. The zero-order valence-electron chi connectivity index (χ0n) is 17.8. The number of pyridine rings is 1. The Morgan fingerprint density at radius 3 is 2.81 bits per heavy atom. The number of rotatable bonds is 10. The summed E-state index contributed by atoms with van der Waals surface area (Å²) in [7, 11) is 0. The summed E-state index contributed by atoms with van der Waals surface area (Å²) < 4.78 is 7.13. The van der Waals surface area contributed by atoms with Crippen LogP contribution >= 0.6 is 0 Å². The molecule has 1 aliphatic rings. The van der Waals surface area contributed by atoms with E-state index in [2.05, 4.69) is 27.5 Å². The van der Waals surface area contributed by atoms with Crippen LogP contribution in [0.15, 0.2) is 42.7 Å². The van der Waals surface area contributed by atoms with Crippen molar-refractivity contribution >= 4 is 5.97 Å². The van der Waals surface area contributed by atoms with Crippen LogP contribution in [-0.2, 0) is 25.8 Å². The highest BCUT2D eigenvalue weighted by molar-refractivity contribution is 5.90. The fourth-order valence-electron chi connectivity index (χ4n) is 4.10. The van der Waals surface area contributed by atoms with Gasteiger partial charge in [-0.3, -0.25) is 9.67 Å². The smallest absolute Gasteiger partial charge is 0.354 e. The van der Waals surface area contributed by atoms with E-state index in [1.165, 1.54) is 5.56 Å². The number of aryl methyl sites for hydroxylation is 2. The molecule has 7 nitrogen and oxygen atoms in total. The van der Waals surface area contributed by atoms with Gasteiger partial charge in [0.15, 0.2) is 0 Å². The molecule has 1 aliphatic carbocycles. The van der Waals surface area contributed by atoms with Crippen LogP contribution in [0.3, 0.4) is 0 Å². The maximum Gasteiger partial charge on any atom is 0.354 e. The number of ether oxygens (including phenoxy) is 1. The number of nitrogens with one attached hydrogen (secondary N) is 1. The number of nitrogens with zero attached hydrogens (tertiary/aromatic N) is 3. The van der Waals surface area contributed by atoms with Crippen molar-refractivity contribution in [2.24, 2.45) is 0 Å². The number of hydrogen-bond donors (Lipinski definition) is 2. The van der Waals surface area contributed by atoms with Crippen LogP contribution in [0.4, 0.5) is 0 Å². The molecule has 2 N–H and O–H groups in total. The Hall–Kier alpha value is -3.19. The Bertz CT molecular complexity index is 1040. The van der Waals surface area contributed by atoms with Gasteiger partial charge in [-0.15, -0.1) is 0 Å². The predicted molar refractivity (Wildman–Crippen MR) is 119 cm³/mol. The van der Waals surface area contributed by atoms with Crippen molar-refractivity contribution in [2.45, 2.75) is 39.2 Å². The first-order valence-electron chi connectivity index (χ1n) is 10.9. The molecule has 162 valence electrons. The van der Waals surface area contributed by atoms with Crippen molar-refractivity contribution in [3.05, 3.63) is 65.1 Å². The second kappa shape index (κ2) is 9.75. The van der Waals surface area contributed by atoms with E-state index in [0.717, 1.165) is 60.5 Å². The monoisotopic (exact) mass is 420 g/mol. The average molecular weight is 421 g/mol. The zero-order valence-corrected chi connectivity index (χ0v) is 17.8. The average Bonchev–Trinajstić information content (AvgIpc) is 3.16. The third kappa shape index (κ3) is 4.77. The summed E-state index contributed by atoms with van der Waals surface area (Å²) in [5.74, 6) is -0.0102. The molecule has 0 spiro atoms. The van der Waals surface area contributed by atoms with Crippen molar-refractivity contribution in [3.8, 4) is 17.0 Å². The van der Waals surface area contributed by atoms with Gasteiger partial charge in [0, 0.05) is 30.1 Å². The molecule has 0 bridgehead atoms. The van der Waals surface area contributed by atoms with Gasteiger partial charge >= 0.3 is 5.97 Å². The summed E-state index contributed by atoms with van der Waals surface area (Å²) in [5, 5.41) is 17.9. The number of benzene rings is 1. The lowest BCUT2D eigenvalue weighted by Crippen LogP contribution is -2.21. The maximum atomic E-state index is 11.9. The maximum absolute atomic E-state index is 11.9. The SMILES string of the molecule is CCOc1ccc(CCNCCCn2nc3c(c2C(=O)O)CCc2cnccc2-3)cc1. The molecule has 0 unspecified atom stereocenters. The highest BCUT2D eigenvalue weighted by atomic mass is 16.5. The van der Waals surface area contributed by atoms with Crippen molar-refractivity contribution in [1.82, 2.24) is 20.1 Å². The van der Waals surface area contributed by atoms with Crippen molar-refractivity contribution in [2.75, 3.05) is 19.7 Å². The van der Waals surface area contributed by atoms with Gasteiger partial charge in [-0.2, -0.15) is 5.10 Å². The number of aromatic nitrogens is 3. The molecule has 0 saturated heterocycles. The third-order valence-corrected chi connectivity index (χ3v) is 5.60. The molecular weight excluding hydrogens is 392 g/mol. The Kier molecular flexibility index (Phi) is 6.62. The van der Waals surface area contributed by atoms with Crippen LogP contribution in [-0.4, -0.2) is 45.5 Å². The Labute approximate surface area is 182 Å². The molecule has 0 atom stereocenters. The van der Waals surface area contributed by atoms with Crippen LogP contribution in [0, 0.1) is 0 Å². The van der Waals surface area contributed by atoms with Crippen molar-refractivity contribution in [3.63, 3.8) is 0 Å². The van der Waals surface area contributed by atoms with Gasteiger partial charge in [0.05, 0.1) is 12.3 Å². The van der Waals surface area contributed by atoms with Gasteiger partial charge in [-0.05, 0) is 75.0 Å². The topological polar surface area (TPSA) is 89.3 Å². The van der Waals surface area contributed by atoms with E-state index >= 15 is 0 Å². The normalized spacial score (nSPS) is 12.3. The van der Waals surface area contributed by atoms with Gasteiger partial charge in [0.2, 0.25) is 0 Å². The minimum Gasteiger partial charge on any atom is -0.494 e. The van der Waals surface area contributed by atoms with Crippen LogP contribution in [0.5, 0.6) is 5.75 Å². The number of aromatic carboxylic acids is 1. The molecule has 0 fully saturated rings. The Morgan fingerprint density at radius 2 is 2.03 bits per heavy atom. The second-order valence-corrected chi connectivity index (χ2v) is 7.67. The second-order valence-electron chi connectivity index (χ2n) is 7.67. The number of carboxylic acids is 1. The summed E-state index contributed by atoms with van der Waals surface area (Å²) >= 11 is 0. The van der Waals surface area contributed by atoms with E-state index in [0.29, 0.717) is 25.3 Å². The number of fused-ring (bicyclic) bond motifs is 3. The van der Waals surface area contributed by atoms with E-state index < -0.39 is 5.97 Å². The summed E-state index contributed by atoms with van der Waals surface area (Å²) in [6.07, 6.45) is 6.83. The molecule has 2 heterocycles. The molecule has 0 saturated carbocycles. The van der Waals surface area contributed by atoms with Crippen LogP contribution < -0.4 is 10.1 Å². The summed E-state index contributed by atoms with van der Waals surface area (Å²) in [5.41, 5.74) is 5.36. The van der Waals surface area contributed by atoms with Gasteiger partial charge in [-0.25, -0.2) is 4.79 Å². The fraction of sp³-hybridized carbons (Fsp3) is 0.375. The molecule has 3 aromatic rings. The highest BCUT2D eigenvalue weighted by Crippen LogP contribution is 2.34. The highest BCUT2D eigenvalue weighted by Gasteiger charge is 2.27. The molecular formula is C24H28N4O3. The molecule has 0 radical (unpaired) electrons. The zero-order chi connectivity index (χ0) is 21.6.